The summed E-state index contributed by atoms with van der Waals surface area (Å²) in [7, 11) is 0. The van der Waals surface area contributed by atoms with Crippen molar-refractivity contribution in [1.29, 1.82) is 0 Å². The standard InChI is InChI=1S/C15H19N3/c1-15(2,3)12-9-10-17-14(18-12)13(16)11-7-5-4-6-8-11/h4-10,13H,16H2,1-3H3. The van der Waals surface area contributed by atoms with Crippen molar-refractivity contribution in [3.8, 4) is 0 Å². The van der Waals surface area contributed by atoms with Crippen LogP contribution in [0.15, 0.2) is 42.6 Å². The van der Waals surface area contributed by atoms with Gasteiger partial charge in [0.25, 0.3) is 0 Å². The molecule has 0 aliphatic carbocycles. The Kier molecular flexibility index (Phi) is 3.43. The molecule has 1 heterocycles. The summed E-state index contributed by atoms with van der Waals surface area (Å²) >= 11 is 0. The molecular formula is C15H19N3. The molecule has 0 spiro atoms. The second-order valence-corrected chi connectivity index (χ2v) is 5.44. The van der Waals surface area contributed by atoms with Gasteiger partial charge in [-0.2, -0.15) is 0 Å². The van der Waals surface area contributed by atoms with Gasteiger partial charge in [0.05, 0.1) is 6.04 Å². The lowest BCUT2D eigenvalue weighted by molar-refractivity contribution is 0.558. The van der Waals surface area contributed by atoms with Crippen LogP contribution in [0.5, 0.6) is 0 Å². The second kappa shape index (κ2) is 4.86. The SMILES string of the molecule is CC(C)(C)c1ccnc(C(N)c2ccccc2)n1. The number of rotatable bonds is 2. The monoisotopic (exact) mass is 241 g/mol. The van der Waals surface area contributed by atoms with E-state index < -0.39 is 0 Å². The third kappa shape index (κ3) is 2.74. The lowest BCUT2D eigenvalue weighted by Gasteiger charge is -2.19. The molecule has 1 aromatic heterocycles. The van der Waals surface area contributed by atoms with E-state index in [1.54, 1.807) is 6.20 Å². The number of benzene rings is 1. The molecule has 3 nitrogen and oxygen atoms in total. The van der Waals surface area contributed by atoms with Gasteiger partial charge in [0.15, 0.2) is 0 Å². The van der Waals surface area contributed by atoms with Gasteiger partial charge in [-0.25, -0.2) is 9.97 Å². The second-order valence-electron chi connectivity index (χ2n) is 5.44. The molecule has 94 valence electrons. The van der Waals surface area contributed by atoms with Crippen LogP contribution in [0.3, 0.4) is 0 Å². The zero-order chi connectivity index (χ0) is 13.2. The highest BCUT2D eigenvalue weighted by Crippen LogP contribution is 2.22. The predicted molar refractivity (Wildman–Crippen MR) is 73.2 cm³/mol. The molecule has 2 aromatic rings. The van der Waals surface area contributed by atoms with Crippen LogP contribution in [0.25, 0.3) is 0 Å². The van der Waals surface area contributed by atoms with Gasteiger partial charge in [-0.1, -0.05) is 51.1 Å². The van der Waals surface area contributed by atoms with Crippen LogP contribution in [0.4, 0.5) is 0 Å². The summed E-state index contributed by atoms with van der Waals surface area (Å²) in [4.78, 5) is 8.88. The number of nitrogens with two attached hydrogens (primary N) is 1. The topological polar surface area (TPSA) is 51.8 Å². The van der Waals surface area contributed by atoms with Crippen molar-refractivity contribution in [3.63, 3.8) is 0 Å². The Hall–Kier alpha value is -1.74. The van der Waals surface area contributed by atoms with Crippen LogP contribution in [0.2, 0.25) is 0 Å². The summed E-state index contributed by atoms with van der Waals surface area (Å²) in [6, 6.07) is 11.6. The Morgan fingerprint density at radius 3 is 2.33 bits per heavy atom. The van der Waals surface area contributed by atoms with E-state index in [9.17, 15) is 0 Å². The zero-order valence-corrected chi connectivity index (χ0v) is 11.1. The van der Waals surface area contributed by atoms with Crippen LogP contribution in [-0.4, -0.2) is 9.97 Å². The molecule has 2 rings (SSSR count). The smallest absolute Gasteiger partial charge is 0.149 e. The average molecular weight is 241 g/mol. The quantitative estimate of drug-likeness (QED) is 0.879. The highest BCUT2D eigenvalue weighted by atomic mass is 14.9. The van der Waals surface area contributed by atoms with E-state index in [1.807, 2.05) is 36.4 Å². The molecule has 0 amide bonds. The van der Waals surface area contributed by atoms with E-state index in [1.165, 1.54) is 0 Å². The molecule has 2 N–H and O–H groups in total. The largest absolute Gasteiger partial charge is 0.318 e. The lowest BCUT2D eigenvalue weighted by Crippen LogP contribution is -2.20. The van der Waals surface area contributed by atoms with Gasteiger partial charge in [0.2, 0.25) is 0 Å². The average Bonchev–Trinajstić information content (AvgIpc) is 2.38. The first-order chi connectivity index (χ1) is 8.48. The minimum Gasteiger partial charge on any atom is -0.318 e. The molecule has 3 heteroatoms. The van der Waals surface area contributed by atoms with Gasteiger partial charge in [-0.05, 0) is 11.6 Å². The van der Waals surface area contributed by atoms with E-state index in [0.29, 0.717) is 5.82 Å². The van der Waals surface area contributed by atoms with Crippen LogP contribution in [0, 0.1) is 0 Å². The van der Waals surface area contributed by atoms with Gasteiger partial charge >= 0.3 is 0 Å². The van der Waals surface area contributed by atoms with E-state index in [4.69, 9.17) is 5.73 Å². The Morgan fingerprint density at radius 2 is 1.72 bits per heavy atom. The summed E-state index contributed by atoms with van der Waals surface area (Å²) in [5.74, 6) is 0.675. The number of aromatic nitrogens is 2. The van der Waals surface area contributed by atoms with Gasteiger partial charge < -0.3 is 5.73 Å². The fraction of sp³-hybridized carbons (Fsp3) is 0.333. The maximum absolute atomic E-state index is 6.20. The van der Waals surface area contributed by atoms with Crippen molar-refractivity contribution in [3.05, 3.63) is 59.7 Å². The lowest BCUT2D eigenvalue weighted by atomic mass is 9.92. The van der Waals surface area contributed by atoms with Crippen LogP contribution < -0.4 is 5.73 Å². The van der Waals surface area contributed by atoms with Gasteiger partial charge in [0.1, 0.15) is 5.82 Å². The summed E-state index contributed by atoms with van der Waals surface area (Å²) in [5.41, 5.74) is 8.26. The first kappa shape index (κ1) is 12.7. The Balaban J connectivity index is 2.35. The molecular weight excluding hydrogens is 222 g/mol. The molecule has 0 bridgehead atoms. The Morgan fingerprint density at radius 1 is 1.06 bits per heavy atom. The molecule has 0 aliphatic heterocycles. The van der Waals surface area contributed by atoms with Crippen molar-refractivity contribution in [2.45, 2.75) is 32.2 Å². The van der Waals surface area contributed by atoms with Crippen molar-refractivity contribution < 1.29 is 0 Å². The highest BCUT2D eigenvalue weighted by Gasteiger charge is 2.18. The maximum Gasteiger partial charge on any atom is 0.149 e. The minimum absolute atomic E-state index is 0.00803. The third-order valence-electron chi connectivity index (χ3n) is 2.88. The van der Waals surface area contributed by atoms with E-state index in [2.05, 4.69) is 30.7 Å². The third-order valence-corrected chi connectivity index (χ3v) is 2.88. The molecule has 0 saturated carbocycles. The predicted octanol–water partition coefficient (Wildman–Crippen LogP) is 2.82. The fourth-order valence-electron chi connectivity index (χ4n) is 1.75. The molecule has 1 unspecified atom stereocenters. The Bertz CT molecular complexity index is 515. The van der Waals surface area contributed by atoms with E-state index >= 15 is 0 Å². The first-order valence-corrected chi connectivity index (χ1v) is 6.12. The number of hydrogen-bond donors (Lipinski definition) is 1. The minimum atomic E-state index is -0.270. The molecule has 0 aliphatic rings. The molecule has 0 saturated heterocycles. The molecule has 0 fully saturated rings. The fourth-order valence-corrected chi connectivity index (χ4v) is 1.75. The van der Waals surface area contributed by atoms with Gasteiger partial charge in [-0.15, -0.1) is 0 Å². The van der Waals surface area contributed by atoms with E-state index in [-0.39, 0.29) is 11.5 Å². The number of nitrogens with zero attached hydrogens (tertiary/aromatic N) is 2. The first-order valence-electron chi connectivity index (χ1n) is 6.12. The number of hydrogen-bond acceptors (Lipinski definition) is 3. The van der Waals surface area contributed by atoms with Crippen molar-refractivity contribution >= 4 is 0 Å². The molecule has 1 atom stereocenters. The maximum atomic E-state index is 6.20. The zero-order valence-electron chi connectivity index (χ0n) is 11.1. The van der Waals surface area contributed by atoms with Crippen LogP contribution >= 0.6 is 0 Å². The summed E-state index contributed by atoms with van der Waals surface area (Å²) in [6.45, 7) is 6.40. The summed E-state index contributed by atoms with van der Waals surface area (Å²) in [5, 5.41) is 0. The van der Waals surface area contributed by atoms with Crippen molar-refractivity contribution in [2.75, 3.05) is 0 Å². The van der Waals surface area contributed by atoms with Crippen LogP contribution in [-0.2, 0) is 5.41 Å². The van der Waals surface area contributed by atoms with Crippen LogP contribution in [0.1, 0.15) is 43.9 Å². The van der Waals surface area contributed by atoms with Crippen molar-refractivity contribution in [2.24, 2.45) is 5.73 Å². The summed E-state index contributed by atoms with van der Waals surface area (Å²) < 4.78 is 0. The molecule has 18 heavy (non-hydrogen) atoms. The highest BCUT2D eigenvalue weighted by molar-refractivity contribution is 5.25. The van der Waals surface area contributed by atoms with E-state index in [0.717, 1.165) is 11.3 Å². The molecule has 0 radical (unpaired) electrons. The molecule has 1 aromatic carbocycles. The van der Waals surface area contributed by atoms with Crippen molar-refractivity contribution in [1.82, 2.24) is 9.97 Å². The Labute approximate surface area is 108 Å². The van der Waals surface area contributed by atoms with Gasteiger partial charge in [0, 0.05) is 17.3 Å². The normalized spacial score (nSPS) is 13.3. The van der Waals surface area contributed by atoms with Gasteiger partial charge in [-0.3, -0.25) is 0 Å². The summed E-state index contributed by atoms with van der Waals surface area (Å²) in [6.07, 6.45) is 1.78.